The van der Waals surface area contributed by atoms with Gasteiger partial charge in [0.1, 0.15) is 17.6 Å². The second kappa shape index (κ2) is 12.7. The molecule has 0 bridgehead atoms. The summed E-state index contributed by atoms with van der Waals surface area (Å²) in [5.41, 5.74) is 3.12. The van der Waals surface area contributed by atoms with E-state index in [2.05, 4.69) is 0 Å². The van der Waals surface area contributed by atoms with Crippen molar-refractivity contribution >= 4 is 0 Å². The van der Waals surface area contributed by atoms with Crippen LogP contribution in [-0.4, -0.2) is 33.5 Å². The smallest absolute Gasteiger partial charge is 0.128 e. The molecule has 0 aliphatic rings. The van der Waals surface area contributed by atoms with Crippen molar-refractivity contribution in [2.45, 2.75) is 25.9 Å². The van der Waals surface area contributed by atoms with Crippen LogP contribution in [0.3, 0.4) is 0 Å². The van der Waals surface area contributed by atoms with Crippen molar-refractivity contribution in [3.05, 3.63) is 95.6 Å². The van der Waals surface area contributed by atoms with Crippen molar-refractivity contribution < 1.29 is 23.7 Å². The predicted molar refractivity (Wildman–Crippen MR) is 120 cm³/mol. The van der Waals surface area contributed by atoms with Crippen LogP contribution in [0.5, 0.6) is 11.5 Å². The fraction of sp³-hybridized carbons (Fsp3) is 0.308. The Morgan fingerprint density at radius 2 is 1.10 bits per heavy atom. The van der Waals surface area contributed by atoms with Crippen molar-refractivity contribution in [1.29, 1.82) is 0 Å². The average Bonchev–Trinajstić information content (AvgIpc) is 2.83. The highest BCUT2D eigenvalue weighted by Gasteiger charge is 2.14. The zero-order valence-electron chi connectivity index (χ0n) is 18.2. The molecule has 0 N–H and O–H groups in total. The minimum Gasteiger partial charge on any atom is -0.496 e. The largest absolute Gasteiger partial charge is 0.496 e. The van der Waals surface area contributed by atoms with Crippen LogP contribution >= 0.6 is 0 Å². The molecule has 5 heteroatoms. The monoisotopic (exact) mass is 422 g/mol. The van der Waals surface area contributed by atoms with E-state index in [-0.39, 0.29) is 6.10 Å². The highest BCUT2D eigenvalue weighted by atomic mass is 16.6. The van der Waals surface area contributed by atoms with Gasteiger partial charge in [0, 0.05) is 0 Å². The van der Waals surface area contributed by atoms with Gasteiger partial charge < -0.3 is 23.7 Å². The maximum absolute atomic E-state index is 6.10. The van der Waals surface area contributed by atoms with E-state index in [9.17, 15) is 0 Å². The van der Waals surface area contributed by atoms with Crippen molar-refractivity contribution in [2.75, 3.05) is 27.4 Å². The fourth-order valence-corrected chi connectivity index (χ4v) is 3.18. The van der Waals surface area contributed by atoms with E-state index in [4.69, 9.17) is 23.7 Å². The molecular weight excluding hydrogens is 392 g/mol. The summed E-state index contributed by atoms with van der Waals surface area (Å²) < 4.78 is 28.9. The van der Waals surface area contributed by atoms with Gasteiger partial charge in [0.15, 0.2) is 0 Å². The lowest BCUT2D eigenvalue weighted by molar-refractivity contribution is -0.0732. The number of benzene rings is 3. The topological polar surface area (TPSA) is 46.2 Å². The molecular formula is C26H30O5. The number of rotatable bonds is 13. The number of methoxy groups -OCH3 is 2. The van der Waals surface area contributed by atoms with Crippen molar-refractivity contribution in [3.8, 4) is 11.5 Å². The lowest BCUT2D eigenvalue weighted by Crippen LogP contribution is -2.25. The molecule has 1 atom stereocenters. The first kappa shape index (κ1) is 22.8. The Balaban J connectivity index is 1.56. The van der Waals surface area contributed by atoms with Crippen molar-refractivity contribution in [2.24, 2.45) is 0 Å². The van der Waals surface area contributed by atoms with Gasteiger partial charge in [-0.15, -0.1) is 0 Å². The van der Waals surface area contributed by atoms with Crippen LogP contribution in [0.2, 0.25) is 0 Å². The van der Waals surface area contributed by atoms with Gasteiger partial charge in [-0.3, -0.25) is 0 Å². The Morgan fingerprint density at radius 1 is 0.581 bits per heavy atom. The van der Waals surface area contributed by atoms with Crippen LogP contribution in [0, 0.1) is 0 Å². The molecule has 0 aromatic heterocycles. The first-order chi connectivity index (χ1) is 15.3. The first-order valence-corrected chi connectivity index (χ1v) is 10.3. The van der Waals surface area contributed by atoms with E-state index in [0.29, 0.717) is 33.0 Å². The van der Waals surface area contributed by atoms with Gasteiger partial charge in [0.25, 0.3) is 0 Å². The SMILES string of the molecule is COc1cccc(OC)c1COCC(COCc1ccccc1)OCc1ccccc1. The third-order valence-electron chi connectivity index (χ3n) is 4.82. The molecule has 3 aromatic carbocycles. The second-order valence-corrected chi connectivity index (χ2v) is 7.08. The molecule has 0 saturated carbocycles. The Hall–Kier alpha value is -2.86. The molecule has 0 radical (unpaired) electrons. The van der Waals surface area contributed by atoms with E-state index in [1.54, 1.807) is 14.2 Å². The molecule has 0 aliphatic heterocycles. The van der Waals surface area contributed by atoms with Crippen LogP contribution < -0.4 is 9.47 Å². The summed E-state index contributed by atoms with van der Waals surface area (Å²) >= 11 is 0. The number of ether oxygens (including phenoxy) is 5. The lowest BCUT2D eigenvalue weighted by atomic mass is 10.2. The standard InChI is InChI=1S/C26H30O5/c1-27-25-14-9-15-26(28-2)24(25)20-30-19-23(31-17-22-12-7-4-8-13-22)18-29-16-21-10-5-3-6-11-21/h3-15,23H,16-20H2,1-2H3. The quantitative estimate of drug-likeness (QED) is 0.387. The average molecular weight is 423 g/mol. The molecule has 0 saturated heterocycles. The predicted octanol–water partition coefficient (Wildman–Crippen LogP) is 5.02. The highest BCUT2D eigenvalue weighted by molar-refractivity contribution is 5.44. The molecule has 31 heavy (non-hydrogen) atoms. The van der Waals surface area contributed by atoms with E-state index in [1.165, 1.54) is 0 Å². The van der Waals surface area contributed by atoms with E-state index in [1.807, 2.05) is 78.9 Å². The molecule has 0 fully saturated rings. The Kier molecular flexibility index (Phi) is 9.38. The van der Waals surface area contributed by atoms with Crippen LogP contribution in [0.25, 0.3) is 0 Å². The number of hydrogen-bond donors (Lipinski definition) is 0. The summed E-state index contributed by atoms with van der Waals surface area (Å²) in [5, 5.41) is 0. The molecule has 3 aromatic rings. The van der Waals surface area contributed by atoms with E-state index < -0.39 is 0 Å². The summed E-state index contributed by atoms with van der Waals surface area (Å²) in [6.45, 7) is 2.22. The minimum atomic E-state index is -0.204. The van der Waals surface area contributed by atoms with Gasteiger partial charge in [-0.25, -0.2) is 0 Å². The minimum absolute atomic E-state index is 0.204. The molecule has 0 spiro atoms. The molecule has 164 valence electrons. The van der Waals surface area contributed by atoms with Gasteiger partial charge in [0.2, 0.25) is 0 Å². The molecule has 3 rings (SSSR count). The zero-order valence-corrected chi connectivity index (χ0v) is 18.2. The summed E-state index contributed by atoms with van der Waals surface area (Å²) in [5.74, 6) is 1.47. The van der Waals surface area contributed by atoms with Gasteiger partial charge in [-0.2, -0.15) is 0 Å². The normalized spacial score (nSPS) is 11.8. The molecule has 0 heterocycles. The summed E-state index contributed by atoms with van der Waals surface area (Å²) in [6, 6.07) is 25.9. The van der Waals surface area contributed by atoms with Crippen molar-refractivity contribution in [1.82, 2.24) is 0 Å². The van der Waals surface area contributed by atoms with Gasteiger partial charge in [0.05, 0.1) is 52.8 Å². The molecule has 0 amide bonds. The Morgan fingerprint density at radius 3 is 1.65 bits per heavy atom. The lowest BCUT2D eigenvalue weighted by Gasteiger charge is -2.19. The molecule has 0 aliphatic carbocycles. The summed E-state index contributed by atoms with van der Waals surface area (Å²) in [6.07, 6.45) is -0.204. The fourth-order valence-electron chi connectivity index (χ4n) is 3.18. The zero-order chi connectivity index (χ0) is 21.7. The molecule has 1 unspecified atom stereocenters. The van der Waals surface area contributed by atoms with Crippen LogP contribution in [-0.2, 0) is 34.0 Å². The van der Waals surface area contributed by atoms with E-state index in [0.717, 1.165) is 28.2 Å². The van der Waals surface area contributed by atoms with Crippen molar-refractivity contribution in [3.63, 3.8) is 0 Å². The Labute approximate surface area is 184 Å². The van der Waals surface area contributed by atoms with Gasteiger partial charge in [-0.1, -0.05) is 66.7 Å². The van der Waals surface area contributed by atoms with Crippen LogP contribution in [0.1, 0.15) is 16.7 Å². The highest BCUT2D eigenvalue weighted by Crippen LogP contribution is 2.28. The second-order valence-electron chi connectivity index (χ2n) is 7.08. The molecule has 5 nitrogen and oxygen atoms in total. The number of hydrogen-bond acceptors (Lipinski definition) is 5. The Bertz CT molecular complexity index is 861. The first-order valence-electron chi connectivity index (χ1n) is 10.3. The summed E-state index contributed by atoms with van der Waals surface area (Å²) in [7, 11) is 3.28. The maximum Gasteiger partial charge on any atom is 0.128 e. The van der Waals surface area contributed by atoms with Gasteiger partial charge in [-0.05, 0) is 23.3 Å². The van der Waals surface area contributed by atoms with E-state index >= 15 is 0 Å². The maximum atomic E-state index is 6.10. The third kappa shape index (κ3) is 7.40. The third-order valence-corrected chi connectivity index (χ3v) is 4.82. The van der Waals surface area contributed by atoms with Crippen LogP contribution in [0.15, 0.2) is 78.9 Å². The summed E-state index contributed by atoms with van der Waals surface area (Å²) in [4.78, 5) is 0. The van der Waals surface area contributed by atoms with Crippen LogP contribution in [0.4, 0.5) is 0 Å². The van der Waals surface area contributed by atoms with Gasteiger partial charge >= 0.3 is 0 Å².